The first-order chi connectivity index (χ1) is 7.87. The molecule has 0 bridgehead atoms. The number of hydrogen-bond donors (Lipinski definition) is 2. The molecular weight excluding hydrogens is 262 g/mol. The van der Waals surface area contributed by atoms with Crippen LogP contribution in [-0.4, -0.2) is 25.2 Å². The summed E-state index contributed by atoms with van der Waals surface area (Å²) in [6.07, 6.45) is 1.93. The van der Waals surface area contributed by atoms with E-state index in [2.05, 4.69) is 4.72 Å². The molecule has 1 aliphatic carbocycles. The Balaban J connectivity index is 2.12. The molecule has 0 radical (unpaired) electrons. The van der Waals surface area contributed by atoms with Gasteiger partial charge in [-0.25, -0.2) is 13.2 Å². The third-order valence-corrected chi connectivity index (χ3v) is 5.23. The molecule has 17 heavy (non-hydrogen) atoms. The average molecular weight is 275 g/mol. The lowest BCUT2D eigenvalue weighted by atomic mass is 10.3. The normalized spacial score (nSPS) is 15.8. The van der Waals surface area contributed by atoms with Crippen molar-refractivity contribution in [3.63, 3.8) is 0 Å². The Morgan fingerprint density at radius 3 is 2.71 bits per heavy atom. The van der Waals surface area contributed by atoms with Crippen molar-refractivity contribution in [2.75, 3.05) is 10.5 Å². The Morgan fingerprint density at radius 2 is 2.24 bits per heavy atom. The number of carbonyl (C=O) groups is 1. The van der Waals surface area contributed by atoms with E-state index in [-0.39, 0.29) is 16.5 Å². The molecule has 94 valence electrons. The van der Waals surface area contributed by atoms with E-state index in [0.29, 0.717) is 10.6 Å². The van der Waals surface area contributed by atoms with Crippen LogP contribution < -0.4 is 4.72 Å². The number of aryl methyl sites for hydroxylation is 1. The van der Waals surface area contributed by atoms with Gasteiger partial charge in [-0.2, -0.15) is 0 Å². The minimum atomic E-state index is -3.33. The molecule has 7 heteroatoms. The van der Waals surface area contributed by atoms with Crippen LogP contribution in [0.3, 0.4) is 0 Å². The molecule has 1 fully saturated rings. The van der Waals surface area contributed by atoms with E-state index < -0.39 is 16.0 Å². The Hall–Kier alpha value is -1.08. The lowest BCUT2D eigenvalue weighted by Crippen LogP contribution is -2.17. The molecule has 0 amide bonds. The summed E-state index contributed by atoms with van der Waals surface area (Å²) in [5.41, 5.74) is 0.576. The molecule has 1 saturated carbocycles. The first-order valence-corrected chi connectivity index (χ1v) is 7.68. The lowest BCUT2D eigenvalue weighted by molar-refractivity contribution is 0.0701. The molecule has 5 nitrogen and oxygen atoms in total. The van der Waals surface area contributed by atoms with Gasteiger partial charge in [0.25, 0.3) is 0 Å². The number of sulfonamides is 1. The van der Waals surface area contributed by atoms with Gasteiger partial charge in [0.2, 0.25) is 10.0 Å². The van der Waals surface area contributed by atoms with Gasteiger partial charge in [-0.1, -0.05) is 0 Å². The second-order valence-corrected chi connectivity index (χ2v) is 7.07. The van der Waals surface area contributed by atoms with Gasteiger partial charge in [0.1, 0.15) is 9.88 Å². The van der Waals surface area contributed by atoms with E-state index in [9.17, 15) is 13.2 Å². The molecule has 0 atom stereocenters. The molecule has 1 aromatic rings. The highest BCUT2D eigenvalue weighted by Crippen LogP contribution is 2.32. The first-order valence-electron chi connectivity index (χ1n) is 5.21. The van der Waals surface area contributed by atoms with Crippen LogP contribution in [-0.2, 0) is 10.0 Å². The number of anilines is 1. The highest BCUT2D eigenvalue weighted by molar-refractivity contribution is 7.92. The van der Waals surface area contributed by atoms with Crippen LogP contribution in [0.1, 0.15) is 28.1 Å². The number of hydrogen-bond acceptors (Lipinski definition) is 4. The minimum Gasteiger partial charge on any atom is -0.477 e. The fourth-order valence-corrected chi connectivity index (χ4v) is 4.25. The smallest absolute Gasteiger partial charge is 0.346 e. The Kier molecular flexibility index (Phi) is 3.13. The molecule has 1 aliphatic rings. The van der Waals surface area contributed by atoms with Crippen LogP contribution in [0, 0.1) is 12.8 Å². The standard InChI is InChI=1S/C10H13NO4S2/c1-6-4-8(16-9(6)10(12)13)11-17(14,15)5-7-2-3-7/h4,7,11H,2-3,5H2,1H3,(H,12,13). The zero-order valence-corrected chi connectivity index (χ0v) is 10.9. The van der Waals surface area contributed by atoms with E-state index in [1.165, 1.54) is 0 Å². The predicted molar refractivity (Wildman–Crippen MR) is 66.1 cm³/mol. The maximum atomic E-state index is 11.7. The number of aromatic carboxylic acids is 1. The molecule has 0 aliphatic heterocycles. The molecule has 1 aromatic heterocycles. The summed E-state index contributed by atoms with van der Waals surface area (Å²) in [6.45, 7) is 1.65. The number of thiophene rings is 1. The van der Waals surface area contributed by atoms with Crippen LogP contribution in [0.15, 0.2) is 6.07 Å². The second kappa shape index (κ2) is 4.30. The zero-order chi connectivity index (χ0) is 12.6. The van der Waals surface area contributed by atoms with Crippen LogP contribution >= 0.6 is 11.3 Å². The minimum absolute atomic E-state index is 0.131. The summed E-state index contributed by atoms with van der Waals surface area (Å²) in [6, 6.07) is 1.55. The summed E-state index contributed by atoms with van der Waals surface area (Å²) in [4.78, 5) is 11.0. The van der Waals surface area contributed by atoms with E-state index in [1.807, 2.05) is 0 Å². The molecular formula is C10H13NO4S2. The van der Waals surface area contributed by atoms with Gasteiger partial charge in [0.15, 0.2) is 0 Å². The van der Waals surface area contributed by atoms with Crippen molar-refractivity contribution in [2.24, 2.45) is 5.92 Å². The van der Waals surface area contributed by atoms with Crippen molar-refractivity contribution >= 4 is 32.3 Å². The van der Waals surface area contributed by atoms with Crippen molar-refractivity contribution < 1.29 is 18.3 Å². The fraction of sp³-hybridized carbons (Fsp3) is 0.500. The van der Waals surface area contributed by atoms with Gasteiger partial charge in [0.05, 0.1) is 5.75 Å². The van der Waals surface area contributed by atoms with Gasteiger partial charge in [0, 0.05) is 0 Å². The molecule has 0 unspecified atom stereocenters. The first kappa shape index (κ1) is 12.4. The van der Waals surface area contributed by atoms with E-state index in [0.717, 1.165) is 24.2 Å². The summed E-state index contributed by atoms with van der Waals surface area (Å²) >= 11 is 0.952. The Labute approximate surface area is 104 Å². The number of nitrogens with one attached hydrogen (secondary N) is 1. The Bertz CT molecular complexity index is 543. The van der Waals surface area contributed by atoms with E-state index in [4.69, 9.17) is 5.11 Å². The third kappa shape index (κ3) is 3.19. The average Bonchev–Trinajstić information content (AvgIpc) is 2.88. The second-order valence-electron chi connectivity index (χ2n) is 4.25. The SMILES string of the molecule is Cc1cc(NS(=O)(=O)CC2CC2)sc1C(=O)O. The van der Waals surface area contributed by atoms with Crippen LogP contribution in [0.5, 0.6) is 0 Å². The van der Waals surface area contributed by atoms with E-state index >= 15 is 0 Å². The van der Waals surface area contributed by atoms with Crippen molar-refractivity contribution in [3.05, 3.63) is 16.5 Å². The largest absolute Gasteiger partial charge is 0.477 e. The fourth-order valence-electron chi connectivity index (χ4n) is 1.53. The van der Waals surface area contributed by atoms with Crippen molar-refractivity contribution in [1.29, 1.82) is 0 Å². The molecule has 0 spiro atoms. The Morgan fingerprint density at radius 1 is 1.59 bits per heavy atom. The van der Waals surface area contributed by atoms with Crippen molar-refractivity contribution in [3.8, 4) is 0 Å². The highest BCUT2D eigenvalue weighted by Gasteiger charge is 2.28. The van der Waals surface area contributed by atoms with Gasteiger partial charge in [-0.15, -0.1) is 11.3 Å². The maximum Gasteiger partial charge on any atom is 0.346 e. The number of rotatable bonds is 5. The molecule has 2 rings (SSSR count). The topological polar surface area (TPSA) is 83.5 Å². The van der Waals surface area contributed by atoms with Gasteiger partial charge < -0.3 is 5.11 Å². The monoisotopic (exact) mass is 275 g/mol. The summed E-state index contributed by atoms with van der Waals surface area (Å²) in [5.74, 6) is -0.626. The summed E-state index contributed by atoms with van der Waals surface area (Å²) in [5, 5.41) is 9.24. The molecule has 2 N–H and O–H groups in total. The van der Waals surface area contributed by atoms with Gasteiger partial charge in [-0.05, 0) is 37.3 Å². The third-order valence-electron chi connectivity index (χ3n) is 2.52. The van der Waals surface area contributed by atoms with Gasteiger partial charge >= 0.3 is 5.97 Å². The molecule has 0 aromatic carbocycles. The zero-order valence-electron chi connectivity index (χ0n) is 9.26. The lowest BCUT2D eigenvalue weighted by Gasteiger charge is -2.03. The van der Waals surface area contributed by atoms with Gasteiger partial charge in [-0.3, -0.25) is 4.72 Å². The molecule has 1 heterocycles. The quantitative estimate of drug-likeness (QED) is 0.859. The number of carboxylic acids is 1. The van der Waals surface area contributed by atoms with Crippen LogP contribution in [0.4, 0.5) is 5.00 Å². The summed E-state index contributed by atoms with van der Waals surface area (Å²) in [7, 11) is -3.33. The van der Waals surface area contributed by atoms with Crippen molar-refractivity contribution in [2.45, 2.75) is 19.8 Å². The van der Waals surface area contributed by atoms with Crippen LogP contribution in [0.2, 0.25) is 0 Å². The van der Waals surface area contributed by atoms with Crippen molar-refractivity contribution in [1.82, 2.24) is 0 Å². The predicted octanol–water partition coefficient (Wildman–Crippen LogP) is 1.91. The number of carboxylic acid groups (broad SMARTS) is 1. The maximum absolute atomic E-state index is 11.7. The highest BCUT2D eigenvalue weighted by atomic mass is 32.2. The molecule has 0 saturated heterocycles. The van der Waals surface area contributed by atoms with E-state index in [1.54, 1.807) is 13.0 Å². The van der Waals surface area contributed by atoms with Crippen LogP contribution in [0.25, 0.3) is 0 Å². The summed E-state index contributed by atoms with van der Waals surface area (Å²) < 4.78 is 25.8.